The van der Waals surface area contributed by atoms with Crippen LogP contribution in [0.1, 0.15) is 44.9 Å². The predicted molar refractivity (Wildman–Crippen MR) is 65.0 cm³/mol. The lowest BCUT2D eigenvalue weighted by molar-refractivity contribution is 0.264. The standard InChI is InChI=1S/C13H26N2/c1-14-13-7-5-12(6-8-13)10-15-9-11-3-2-4-11/h11-15H,2-10H2,1H3. The van der Waals surface area contributed by atoms with Crippen molar-refractivity contribution in [3.05, 3.63) is 0 Å². The molecule has 0 aromatic carbocycles. The predicted octanol–water partition coefficient (Wildman–Crippen LogP) is 2.15. The van der Waals surface area contributed by atoms with Gasteiger partial charge in [-0.25, -0.2) is 0 Å². The number of hydrogen-bond acceptors (Lipinski definition) is 2. The Kier molecular flexibility index (Phi) is 4.45. The fraction of sp³-hybridized carbons (Fsp3) is 1.00. The summed E-state index contributed by atoms with van der Waals surface area (Å²) in [4.78, 5) is 0. The summed E-state index contributed by atoms with van der Waals surface area (Å²) in [6, 6.07) is 0.799. The van der Waals surface area contributed by atoms with Crippen molar-refractivity contribution in [2.45, 2.75) is 51.0 Å². The van der Waals surface area contributed by atoms with E-state index in [9.17, 15) is 0 Å². The number of rotatable bonds is 5. The van der Waals surface area contributed by atoms with E-state index in [-0.39, 0.29) is 0 Å². The van der Waals surface area contributed by atoms with Crippen molar-refractivity contribution in [3.63, 3.8) is 0 Å². The smallest absolute Gasteiger partial charge is 0.00642 e. The minimum Gasteiger partial charge on any atom is -0.317 e. The lowest BCUT2D eigenvalue weighted by Gasteiger charge is -2.30. The van der Waals surface area contributed by atoms with Gasteiger partial charge in [-0.1, -0.05) is 6.42 Å². The van der Waals surface area contributed by atoms with Crippen LogP contribution in [0.4, 0.5) is 0 Å². The van der Waals surface area contributed by atoms with Crippen LogP contribution in [0, 0.1) is 11.8 Å². The fourth-order valence-corrected chi connectivity index (χ4v) is 2.84. The van der Waals surface area contributed by atoms with Gasteiger partial charge < -0.3 is 10.6 Å². The van der Waals surface area contributed by atoms with Crippen LogP contribution in [-0.4, -0.2) is 26.2 Å². The molecule has 2 N–H and O–H groups in total. The third-order valence-electron chi connectivity index (χ3n) is 4.35. The number of hydrogen-bond donors (Lipinski definition) is 2. The highest BCUT2D eigenvalue weighted by molar-refractivity contribution is 4.78. The van der Waals surface area contributed by atoms with Crippen molar-refractivity contribution < 1.29 is 0 Å². The lowest BCUT2D eigenvalue weighted by Crippen LogP contribution is -2.35. The highest BCUT2D eigenvalue weighted by Crippen LogP contribution is 2.26. The van der Waals surface area contributed by atoms with Crippen LogP contribution in [0.25, 0.3) is 0 Å². The van der Waals surface area contributed by atoms with Crippen LogP contribution in [0.2, 0.25) is 0 Å². The minimum atomic E-state index is 0.799. The molecule has 2 aliphatic carbocycles. The van der Waals surface area contributed by atoms with Gasteiger partial charge in [0.05, 0.1) is 0 Å². The average Bonchev–Trinajstić information content (AvgIpc) is 2.23. The van der Waals surface area contributed by atoms with Crippen molar-refractivity contribution in [1.29, 1.82) is 0 Å². The Hall–Kier alpha value is -0.0800. The average molecular weight is 210 g/mol. The first-order valence-electron chi connectivity index (χ1n) is 6.76. The maximum Gasteiger partial charge on any atom is 0.00642 e. The molecule has 15 heavy (non-hydrogen) atoms. The molecule has 2 aliphatic rings. The summed E-state index contributed by atoms with van der Waals surface area (Å²) < 4.78 is 0. The SMILES string of the molecule is CNC1CCC(CNCC2CCC2)CC1. The molecule has 0 heterocycles. The molecular weight excluding hydrogens is 184 g/mol. The Morgan fingerprint density at radius 2 is 1.47 bits per heavy atom. The van der Waals surface area contributed by atoms with Crippen LogP contribution in [-0.2, 0) is 0 Å². The van der Waals surface area contributed by atoms with Gasteiger partial charge in [0.2, 0.25) is 0 Å². The summed E-state index contributed by atoms with van der Waals surface area (Å²) in [5.74, 6) is 1.97. The number of nitrogens with one attached hydrogen (secondary N) is 2. The third-order valence-corrected chi connectivity index (χ3v) is 4.35. The Balaban J connectivity index is 1.52. The molecule has 0 atom stereocenters. The molecular formula is C13H26N2. The van der Waals surface area contributed by atoms with Gasteiger partial charge in [-0.3, -0.25) is 0 Å². The molecule has 0 saturated heterocycles. The van der Waals surface area contributed by atoms with Crippen LogP contribution < -0.4 is 10.6 Å². The van der Waals surface area contributed by atoms with Crippen LogP contribution in [0.5, 0.6) is 0 Å². The molecule has 2 heteroatoms. The zero-order valence-electron chi connectivity index (χ0n) is 10.1. The second-order valence-corrected chi connectivity index (χ2v) is 5.46. The highest BCUT2D eigenvalue weighted by atomic mass is 14.9. The maximum atomic E-state index is 3.67. The van der Waals surface area contributed by atoms with E-state index >= 15 is 0 Å². The van der Waals surface area contributed by atoms with Crippen molar-refractivity contribution in [2.24, 2.45) is 11.8 Å². The van der Waals surface area contributed by atoms with E-state index in [1.54, 1.807) is 0 Å². The van der Waals surface area contributed by atoms with Crippen molar-refractivity contribution >= 4 is 0 Å². The van der Waals surface area contributed by atoms with Gasteiger partial charge >= 0.3 is 0 Å². The normalized spacial score (nSPS) is 32.6. The Bertz CT molecular complexity index is 169. The van der Waals surface area contributed by atoms with Gasteiger partial charge in [0.15, 0.2) is 0 Å². The zero-order chi connectivity index (χ0) is 10.5. The van der Waals surface area contributed by atoms with E-state index < -0.39 is 0 Å². The van der Waals surface area contributed by atoms with E-state index in [0.717, 1.165) is 17.9 Å². The van der Waals surface area contributed by atoms with Gasteiger partial charge in [-0.05, 0) is 70.5 Å². The van der Waals surface area contributed by atoms with Gasteiger partial charge in [0.1, 0.15) is 0 Å². The summed E-state index contributed by atoms with van der Waals surface area (Å²) in [7, 11) is 2.10. The van der Waals surface area contributed by atoms with Gasteiger partial charge in [0.25, 0.3) is 0 Å². The monoisotopic (exact) mass is 210 g/mol. The van der Waals surface area contributed by atoms with Crippen molar-refractivity contribution in [1.82, 2.24) is 10.6 Å². The van der Waals surface area contributed by atoms with Gasteiger partial charge in [0, 0.05) is 6.04 Å². The molecule has 2 nitrogen and oxygen atoms in total. The molecule has 2 saturated carbocycles. The molecule has 88 valence electrons. The highest BCUT2D eigenvalue weighted by Gasteiger charge is 2.21. The van der Waals surface area contributed by atoms with E-state index in [1.165, 1.54) is 58.0 Å². The molecule has 0 radical (unpaired) electrons. The van der Waals surface area contributed by atoms with E-state index in [4.69, 9.17) is 0 Å². The molecule has 0 amide bonds. The summed E-state index contributed by atoms with van der Waals surface area (Å²) >= 11 is 0. The fourth-order valence-electron chi connectivity index (χ4n) is 2.84. The molecule has 2 fully saturated rings. The summed E-state index contributed by atoms with van der Waals surface area (Å²) in [5.41, 5.74) is 0. The first-order valence-corrected chi connectivity index (χ1v) is 6.76. The van der Waals surface area contributed by atoms with Gasteiger partial charge in [-0.15, -0.1) is 0 Å². The quantitative estimate of drug-likeness (QED) is 0.726. The first-order chi connectivity index (χ1) is 7.38. The molecule has 0 bridgehead atoms. The second-order valence-electron chi connectivity index (χ2n) is 5.46. The summed E-state index contributed by atoms with van der Waals surface area (Å²) in [6.45, 7) is 2.55. The molecule has 2 rings (SSSR count). The van der Waals surface area contributed by atoms with Crippen LogP contribution in [0.15, 0.2) is 0 Å². The second kappa shape index (κ2) is 5.86. The minimum absolute atomic E-state index is 0.799. The maximum absolute atomic E-state index is 3.67. The zero-order valence-corrected chi connectivity index (χ0v) is 10.1. The largest absolute Gasteiger partial charge is 0.317 e. The first kappa shape index (κ1) is 11.4. The molecule has 0 aromatic rings. The molecule has 0 aliphatic heterocycles. The molecule has 0 spiro atoms. The van der Waals surface area contributed by atoms with Crippen LogP contribution >= 0.6 is 0 Å². The van der Waals surface area contributed by atoms with Crippen molar-refractivity contribution in [3.8, 4) is 0 Å². The summed E-state index contributed by atoms with van der Waals surface area (Å²) in [5, 5.41) is 7.07. The molecule has 0 aromatic heterocycles. The van der Waals surface area contributed by atoms with Crippen molar-refractivity contribution in [2.75, 3.05) is 20.1 Å². The Morgan fingerprint density at radius 3 is 1.93 bits per heavy atom. The van der Waals surface area contributed by atoms with Gasteiger partial charge in [-0.2, -0.15) is 0 Å². The Morgan fingerprint density at radius 1 is 0.867 bits per heavy atom. The Labute approximate surface area is 94.2 Å². The van der Waals surface area contributed by atoms with E-state index in [0.29, 0.717) is 0 Å². The molecule has 0 unspecified atom stereocenters. The topological polar surface area (TPSA) is 24.1 Å². The third kappa shape index (κ3) is 3.46. The van der Waals surface area contributed by atoms with E-state index in [2.05, 4.69) is 17.7 Å². The summed E-state index contributed by atoms with van der Waals surface area (Å²) in [6.07, 6.45) is 10.0. The lowest BCUT2D eigenvalue weighted by atomic mass is 9.84. The van der Waals surface area contributed by atoms with Crippen LogP contribution in [0.3, 0.4) is 0 Å². The van der Waals surface area contributed by atoms with E-state index in [1.807, 2.05) is 0 Å².